The van der Waals surface area contributed by atoms with Gasteiger partial charge in [-0.15, -0.1) is 10.2 Å². The highest BCUT2D eigenvalue weighted by molar-refractivity contribution is 7.99. The second kappa shape index (κ2) is 10.7. The second-order valence-corrected chi connectivity index (χ2v) is 8.54. The lowest BCUT2D eigenvalue weighted by molar-refractivity contribution is -0.137. The van der Waals surface area contributed by atoms with Crippen LogP contribution in [0.3, 0.4) is 0 Å². The predicted octanol–water partition coefficient (Wildman–Crippen LogP) is 4.85. The summed E-state index contributed by atoms with van der Waals surface area (Å²) in [6, 6.07) is 9.97. The third kappa shape index (κ3) is 6.60. The van der Waals surface area contributed by atoms with E-state index in [-0.39, 0.29) is 23.8 Å². The van der Waals surface area contributed by atoms with E-state index in [1.165, 1.54) is 12.1 Å². The van der Waals surface area contributed by atoms with Crippen molar-refractivity contribution in [2.75, 3.05) is 16.4 Å². The Morgan fingerprint density at radius 3 is 2.32 bits per heavy atom. The normalized spacial score (nSPS) is 11.4. The van der Waals surface area contributed by atoms with Gasteiger partial charge in [0.2, 0.25) is 11.8 Å². The number of benzene rings is 2. The molecule has 1 aromatic heterocycles. The van der Waals surface area contributed by atoms with Crippen LogP contribution in [-0.4, -0.2) is 32.3 Å². The smallest absolute Gasteiger partial charge is 0.325 e. The standard InChI is InChI=1S/C23H24F3N5O2S/c1-4-31-19(12-20(32)28-18-10-5-14(2)11-15(18)3)29-30-22(31)34-13-21(33)27-17-8-6-16(7-9-17)23(24,25)26/h5-11H,4,12-13H2,1-3H3,(H,27,33)(H,28,32). The van der Waals surface area contributed by atoms with Crippen LogP contribution in [0.2, 0.25) is 0 Å². The average molecular weight is 492 g/mol. The zero-order valence-corrected chi connectivity index (χ0v) is 19.7. The third-order valence-electron chi connectivity index (χ3n) is 4.91. The van der Waals surface area contributed by atoms with Crippen LogP contribution >= 0.6 is 11.8 Å². The fraction of sp³-hybridized carbons (Fsp3) is 0.304. The molecule has 3 rings (SSSR count). The molecular formula is C23H24F3N5O2S. The maximum atomic E-state index is 12.7. The van der Waals surface area contributed by atoms with Gasteiger partial charge in [-0.25, -0.2) is 0 Å². The first kappa shape index (κ1) is 25.3. The van der Waals surface area contributed by atoms with Gasteiger partial charge in [-0.1, -0.05) is 29.5 Å². The fourth-order valence-corrected chi connectivity index (χ4v) is 4.06. The molecule has 2 N–H and O–H groups in total. The van der Waals surface area contributed by atoms with E-state index in [0.717, 1.165) is 40.7 Å². The molecule has 0 aliphatic rings. The molecule has 0 spiro atoms. The Morgan fingerprint density at radius 1 is 1.00 bits per heavy atom. The molecule has 0 fully saturated rings. The Hall–Kier alpha value is -3.34. The largest absolute Gasteiger partial charge is 0.416 e. The molecule has 0 atom stereocenters. The minimum atomic E-state index is -4.43. The van der Waals surface area contributed by atoms with Gasteiger partial charge < -0.3 is 15.2 Å². The number of hydrogen-bond donors (Lipinski definition) is 2. The SMILES string of the molecule is CCn1c(CC(=O)Nc2ccc(C)cc2C)nnc1SCC(=O)Nc1ccc(C(F)(F)F)cc1. The number of nitrogens with zero attached hydrogens (tertiary/aromatic N) is 3. The van der Waals surface area contributed by atoms with Crippen LogP contribution in [0.4, 0.5) is 24.5 Å². The number of amides is 2. The summed E-state index contributed by atoms with van der Waals surface area (Å²) in [5.41, 5.74) is 2.27. The van der Waals surface area contributed by atoms with E-state index in [1.54, 1.807) is 4.57 Å². The van der Waals surface area contributed by atoms with Crippen molar-refractivity contribution in [2.24, 2.45) is 0 Å². The number of carbonyl (C=O) groups is 2. The van der Waals surface area contributed by atoms with E-state index < -0.39 is 17.6 Å². The van der Waals surface area contributed by atoms with Crippen molar-refractivity contribution >= 4 is 35.0 Å². The van der Waals surface area contributed by atoms with Crippen molar-refractivity contribution in [3.8, 4) is 0 Å². The van der Waals surface area contributed by atoms with E-state index in [2.05, 4.69) is 20.8 Å². The number of carbonyl (C=O) groups excluding carboxylic acids is 2. The monoisotopic (exact) mass is 491 g/mol. The van der Waals surface area contributed by atoms with E-state index in [1.807, 2.05) is 39.0 Å². The van der Waals surface area contributed by atoms with Gasteiger partial charge in [0.1, 0.15) is 5.82 Å². The van der Waals surface area contributed by atoms with Gasteiger partial charge in [0.05, 0.1) is 17.7 Å². The van der Waals surface area contributed by atoms with E-state index >= 15 is 0 Å². The van der Waals surface area contributed by atoms with Gasteiger partial charge in [0.25, 0.3) is 0 Å². The Morgan fingerprint density at radius 2 is 1.71 bits per heavy atom. The molecule has 0 saturated carbocycles. The van der Waals surface area contributed by atoms with Crippen molar-refractivity contribution < 1.29 is 22.8 Å². The zero-order valence-electron chi connectivity index (χ0n) is 18.9. The molecule has 2 aromatic carbocycles. The highest BCUT2D eigenvalue weighted by atomic mass is 32.2. The summed E-state index contributed by atoms with van der Waals surface area (Å²) in [6.07, 6.45) is -4.41. The molecule has 11 heteroatoms. The minimum Gasteiger partial charge on any atom is -0.325 e. The zero-order chi connectivity index (χ0) is 24.9. The summed E-state index contributed by atoms with van der Waals surface area (Å²) in [6.45, 7) is 6.27. The van der Waals surface area contributed by atoms with Crippen LogP contribution in [-0.2, 0) is 28.7 Å². The summed E-state index contributed by atoms with van der Waals surface area (Å²) in [5.74, 6) is -0.181. The first-order chi connectivity index (χ1) is 16.1. The lowest BCUT2D eigenvalue weighted by Crippen LogP contribution is -2.18. The summed E-state index contributed by atoms with van der Waals surface area (Å²) in [5, 5.41) is 14.1. The van der Waals surface area contributed by atoms with Crippen LogP contribution < -0.4 is 10.6 Å². The molecule has 0 bridgehead atoms. The molecular weight excluding hydrogens is 467 g/mol. The Kier molecular flexibility index (Phi) is 7.98. The van der Waals surface area contributed by atoms with Gasteiger partial charge in [0.15, 0.2) is 5.16 Å². The van der Waals surface area contributed by atoms with Crippen LogP contribution in [0.25, 0.3) is 0 Å². The number of nitrogens with one attached hydrogen (secondary N) is 2. The van der Waals surface area contributed by atoms with E-state index in [9.17, 15) is 22.8 Å². The predicted molar refractivity (Wildman–Crippen MR) is 125 cm³/mol. The van der Waals surface area contributed by atoms with Gasteiger partial charge >= 0.3 is 6.18 Å². The number of aryl methyl sites for hydroxylation is 2. The highest BCUT2D eigenvalue weighted by Crippen LogP contribution is 2.30. The molecule has 0 aliphatic heterocycles. The van der Waals surface area contributed by atoms with Crippen molar-refractivity contribution in [3.05, 3.63) is 65.0 Å². The molecule has 34 heavy (non-hydrogen) atoms. The summed E-state index contributed by atoms with van der Waals surface area (Å²) in [7, 11) is 0. The maximum absolute atomic E-state index is 12.7. The number of alkyl halides is 3. The van der Waals surface area contributed by atoms with E-state index in [4.69, 9.17) is 0 Å². The van der Waals surface area contributed by atoms with Crippen molar-refractivity contribution in [1.29, 1.82) is 0 Å². The minimum absolute atomic E-state index is 0.0199. The quantitative estimate of drug-likeness (QED) is 0.440. The average Bonchev–Trinajstić information content (AvgIpc) is 3.15. The molecule has 0 radical (unpaired) electrons. The first-order valence-corrected chi connectivity index (χ1v) is 11.4. The van der Waals surface area contributed by atoms with Crippen molar-refractivity contribution in [1.82, 2.24) is 14.8 Å². The number of hydrogen-bond acceptors (Lipinski definition) is 5. The van der Waals surface area contributed by atoms with Crippen LogP contribution in [0, 0.1) is 13.8 Å². The van der Waals surface area contributed by atoms with Crippen molar-refractivity contribution in [3.63, 3.8) is 0 Å². The summed E-state index contributed by atoms with van der Waals surface area (Å²) < 4.78 is 39.7. The molecule has 3 aromatic rings. The van der Waals surface area contributed by atoms with Gasteiger partial charge in [-0.05, 0) is 56.7 Å². The molecule has 7 nitrogen and oxygen atoms in total. The molecule has 0 saturated heterocycles. The molecule has 0 unspecified atom stereocenters. The molecule has 2 amide bonds. The lowest BCUT2D eigenvalue weighted by Gasteiger charge is -2.10. The van der Waals surface area contributed by atoms with Gasteiger partial charge in [0, 0.05) is 17.9 Å². The summed E-state index contributed by atoms with van der Waals surface area (Å²) >= 11 is 1.13. The lowest BCUT2D eigenvalue weighted by atomic mass is 10.1. The summed E-state index contributed by atoms with van der Waals surface area (Å²) in [4.78, 5) is 24.8. The van der Waals surface area contributed by atoms with Crippen LogP contribution in [0.1, 0.15) is 29.4 Å². The van der Waals surface area contributed by atoms with Crippen LogP contribution in [0.5, 0.6) is 0 Å². The number of halogens is 3. The van der Waals surface area contributed by atoms with Crippen molar-refractivity contribution in [2.45, 2.75) is 45.1 Å². The first-order valence-electron chi connectivity index (χ1n) is 10.5. The Bertz CT molecular complexity index is 1180. The van der Waals surface area contributed by atoms with Gasteiger partial charge in [-0.3, -0.25) is 9.59 Å². The number of rotatable bonds is 8. The highest BCUT2D eigenvalue weighted by Gasteiger charge is 2.30. The maximum Gasteiger partial charge on any atom is 0.416 e. The number of thioether (sulfide) groups is 1. The molecule has 1 heterocycles. The molecule has 0 aliphatic carbocycles. The number of aromatic nitrogens is 3. The third-order valence-corrected chi connectivity index (χ3v) is 5.88. The Labute approximate surface area is 199 Å². The molecule has 180 valence electrons. The fourth-order valence-electron chi connectivity index (χ4n) is 3.24. The van der Waals surface area contributed by atoms with Crippen LogP contribution in [0.15, 0.2) is 47.6 Å². The second-order valence-electron chi connectivity index (χ2n) is 7.60. The van der Waals surface area contributed by atoms with Gasteiger partial charge in [-0.2, -0.15) is 13.2 Å². The van der Waals surface area contributed by atoms with E-state index in [0.29, 0.717) is 17.5 Å². The number of anilines is 2. The topological polar surface area (TPSA) is 88.9 Å². The Balaban J connectivity index is 1.57.